The smallest absolute Gasteiger partial charge is 0.150 e. The van der Waals surface area contributed by atoms with Gasteiger partial charge in [-0.2, -0.15) is 0 Å². The van der Waals surface area contributed by atoms with Crippen molar-refractivity contribution in [2.24, 2.45) is 0 Å². The summed E-state index contributed by atoms with van der Waals surface area (Å²) in [5.41, 5.74) is 2.42. The Morgan fingerprint density at radius 1 is 1.47 bits per heavy atom. The monoisotopic (exact) mass is 230 g/mol. The van der Waals surface area contributed by atoms with Crippen molar-refractivity contribution in [1.29, 1.82) is 0 Å². The molecule has 2 aromatic heterocycles. The molecule has 4 heteroatoms. The van der Waals surface area contributed by atoms with Gasteiger partial charge in [0.05, 0.1) is 5.69 Å². The summed E-state index contributed by atoms with van der Waals surface area (Å²) in [6.45, 7) is 0.818. The molecule has 3 rings (SSSR count). The highest BCUT2D eigenvalue weighted by Crippen LogP contribution is 2.27. The van der Waals surface area contributed by atoms with E-state index in [-0.39, 0.29) is 6.10 Å². The van der Waals surface area contributed by atoms with Crippen LogP contribution in [0.5, 0.6) is 0 Å². The van der Waals surface area contributed by atoms with Crippen LogP contribution in [0.1, 0.15) is 41.4 Å². The summed E-state index contributed by atoms with van der Waals surface area (Å²) in [4.78, 5) is 15.2. The molecule has 0 spiro atoms. The third-order valence-electron chi connectivity index (χ3n) is 3.15. The van der Waals surface area contributed by atoms with Crippen molar-refractivity contribution in [3.63, 3.8) is 0 Å². The van der Waals surface area contributed by atoms with Gasteiger partial charge in [-0.15, -0.1) is 0 Å². The van der Waals surface area contributed by atoms with E-state index in [0.717, 1.165) is 37.1 Å². The summed E-state index contributed by atoms with van der Waals surface area (Å²) in [6.07, 6.45) is 8.16. The van der Waals surface area contributed by atoms with Gasteiger partial charge >= 0.3 is 0 Å². The highest BCUT2D eigenvalue weighted by atomic mass is 16.5. The van der Waals surface area contributed by atoms with Crippen LogP contribution in [0.2, 0.25) is 0 Å². The van der Waals surface area contributed by atoms with Gasteiger partial charge in [0.15, 0.2) is 0 Å². The number of fused-ring (bicyclic) bond motifs is 1. The van der Waals surface area contributed by atoms with Crippen LogP contribution >= 0.6 is 0 Å². The summed E-state index contributed by atoms with van der Waals surface area (Å²) < 4.78 is 7.64. The van der Waals surface area contributed by atoms with E-state index >= 15 is 0 Å². The molecule has 88 valence electrons. The molecule has 2 aromatic rings. The van der Waals surface area contributed by atoms with Crippen molar-refractivity contribution in [3.8, 4) is 0 Å². The van der Waals surface area contributed by atoms with E-state index in [1.807, 2.05) is 16.8 Å². The number of carbonyl (C=O) groups excluding carboxylic acids is 1. The van der Waals surface area contributed by atoms with Crippen molar-refractivity contribution < 1.29 is 9.53 Å². The fraction of sp³-hybridized carbons (Fsp3) is 0.385. The van der Waals surface area contributed by atoms with E-state index < -0.39 is 0 Å². The van der Waals surface area contributed by atoms with Crippen molar-refractivity contribution in [2.45, 2.75) is 25.4 Å². The fourth-order valence-electron chi connectivity index (χ4n) is 2.22. The molecule has 1 aliphatic heterocycles. The topological polar surface area (TPSA) is 43.6 Å². The third-order valence-corrected chi connectivity index (χ3v) is 3.15. The van der Waals surface area contributed by atoms with E-state index in [1.54, 1.807) is 12.1 Å². The standard InChI is InChI=1S/C13H14N2O2/c16-9-10-4-5-15-8-11(14-13(15)7-10)12-3-1-2-6-17-12/h4-5,7-9,12H,1-3,6H2. The molecule has 0 saturated carbocycles. The molecule has 1 fully saturated rings. The Hall–Kier alpha value is -1.68. The third kappa shape index (κ3) is 1.96. The average molecular weight is 230 g/mol. The Kier molecular flexibility index (Phi) is 2.65. The van der Waals surface area contributed by atoms with Crippen molar-refractivity contribution in [1.82, 2.24) is 9.38 Å². The van der Waals surface area contributed by atoms with E-state index in [0.29, 0.717) is 5.56 Å². The Morgan fingerprint density at radius 3 is 3.18 bits per heavy atom. The highest BCUT2D eigenvalue weighted by Gasteiger charge is 2.18. The number of carbonyl (C=O) groups is 1. The lowest BCUT2D eigenvalue weighted by molar-refractivity contribution is 0.0126. The maximum atomic E-state index is 10.7. The van der Waals surface area contributed by atoms with Crippen LogP contribution in [0.25, 0.3) is 5.65 Å². The lowest BCUT2D eigenvalue weighted by Crippen LogP contribution is -2.11. The molecule has 1 aliphatic rings. The Balaban J connectivity index is 1.97. The Morgan fingerprint density at radius 2 is 2.41 bits per heavy atom. The summed E-state index contributed by atoms with van der Waals surface area (Å²) in [6, 6.07) is 3.58. The summed E-state index contributed by atoms with van der Waals surface area (Å²) in [7, 11) is 0. The number of ether oxygens (including phenoxy) is 1. The van der Waals surface area contributed by atoms with Crippen molar-refractivity contribution >= 4 is 11.9 Å². The first kappa shape index (κ1) is 10.5. The first-order valence-corrected chi connectivity index (χ1v) is 5.92. The van der Waals surface area contributed by atoms with Crippen LogP contribution in [0.4, 0.5) is 0 Å². The second kappa shape index (κ2) is 4.30. The second-order valence-corrected chi connectivity index (χ2v) is 4.36. The summed E-state index contributed by atoms with van der Waals surface area (Å²) >= 11 is 0. The number of rotatable bonds is 2. The minimum absolute atomic E-state index is 0.114. The molecule has 17 heavy (non-hydrogen) atoms. The number of pyridine rings is 1. The Labute approximate surface area is 99.2 Å². The molecule has 1 saturated heterocycles. The van der Waals surface area contributed by atoms with Crippen LogP contribution in [-0.2, 0) is 4.74 Å². The van der Waals surface area contributed by atoms with E-state index in [1.165, 1.54) is 6.42 Å². The van der Waals surface area contributed by atoms with Gasteiger partial charge in [-0.3, -0.25) is 4.79 Å². The average Bonchev–Trinajstić information content (AvgIpc) is 2.82. The zero-order chi connectivity index (χ0) is 11.7. The first-order chi connectivity index (χ1) is 8.36. The molecule has 0 N–H and O–H groups in total. The molecule has 0 radical (unpaired) electrons. The fourth-order valence-corrected chi connectivity index (χ4v) is 2.22. The zero-order valence-electron chi connectivity index (χ0n) is 9.50. The van der Waals surface area contributed by atoms with E-state index in [2.05, 4.69) is 4.98 Å². The number of imidazole rings is 1. The molecule has 0 aliphatic carbocycles. The molecule has 3 heterocycles. The quantitative estimate of drug-likeness (QED) is 0.744. The molecule has 1 atom stereocenters. The Bertz CT molecular complexity index is 541. The second-order valence-electron chi connectivity index (χ2n) is 4.36. The van der Waals surface area contributed by atoms with Gasteiger partial charge in [-0.05, 0) is 31.4 Å². The number of aromatic nitrogens is 2. The van der Waals surface area contributed by atoms with Gasteiger partial charge in [0.2, 0.25) is 0 Å². The van der Waals surface area contributed by atoms with Gasteiger partial charge in [-0.25, -0.2) is 4.98 Å². The van der Waals surface area contributed by atoms with Crippen molar-refractivity contribution in [2.75, 3.05) is 6.61 Å². The minimum Gasteiger partial charge on any atom is -0.372 e. The maximum Gasteiger partial charge on any atom is 0.150 e. The number of nitrogens with zero attached hydrogens (tertiary/aromatic N) is 2. The van der Waals surface area contributed by atoms with E-state index in [4.69, 9.17) is 4.74 Å². The molecule has 4 nitrogen and oxygen atoms in total. The van der Waals surface area contributed by atoms with Crippen LogP contribution < -0.4 is 0 Å². The van der Waals surface area contributed by atoms with Crippen LogP contribution in [0.3, 0.4) is 0 Å². The predicted octanol–water partition coefficient (Wildman–Crippen LogP) is 2.39. The summed E-state index contributed by atoms with van der Waals surface area (Å²) in [5.74, 6) is 0. The molecule has 0 amide bonds. The SMILES string of the molecule is O=Cc1ccn2cc(C3CCCCO3)nc2c1. The predicted molar refractivity (Wildman–Crippen MR) is 63.1 cm³/mol. The molecule has 0 bridgehead atoms. The largest absolute Gasteiger partial charge is 0.372 e. The molecule has 1 unspecified atom stereocenters. The number of aldehydes is 1. The van der Waals surface area contributed by atoms with Gasteiger partial charge in [0, 0.05) is 24.6 Å². The number of hydrogen-bond donors (Lipinski definition) is 0. The lowest BCUT2D eigenvalue weighted by Gasteiger charge is -2.20. The molecular weight excluding hydrogens is 216 g/mol. The normalized spacial score (nSPS) is 20.6. The zero-order valence-corrected chi connectivity index (χ0v) is 9.50. The maximum absolute atomic E-state index is 10.7. The summed E-state index contributed by atoms with van der Waals surface area (Å²) in [5, 5.41) is 0. The first-order valence-electron chi connectivity index (χ1n) is 5.92. The van der Waals surface area contributed by atoms with Gasteiger partial charge in [0.1, 0.15) is 18.0 Å². The van der Waals surface area contributed by atoms with Crippen molar-refractivity contribution in [3.05, 3.63) is 35.8 Å². The van der Waals surface area contributed by atoms with Gasteiger partial charge in [-0.1, -0.05) is 0 Å². The van der Waals surface area contributed by atoms with Crippen LogP contribution in [0, 0.1) is 0 Å². The van der Waals surface area contributed by atoms with Crippen LogP contribution in [0.15, 0.2) is 24.5 Å². The lowest BCUT2D eigenvalue weighted by atomic mass is 10.1. The van der Waals surface area contributed by atoms with Crippen LogP contribution in [-0.4, -0.2) is 22.3 Å². The van der Waals surface area contributed by atoms with Gasteiger partial charge < -0.3 is 9.14 Å². The van der Waals surface area contributed by atoms with Gasteiger partial charge in [0.25, 0.3) is 0 Å². The number of hydrogen-bond acceptors (Lipinski definition) is 3. The molecule has 0 aromatic carbocycles. The molecular formula is C13H14N2O2. The van der Waals surface area contributed by atoms with E-state index in [9.17, 15) is 4.79 Å². The minimum atomic E-state index is 0.114. The highest BCUT2D eigenvalue weighted by molar-refractivity contribution is 5.76.